The van der Waals surface area contributed by atoms with Gasteiger partial charge in [-0.1, -0.05) is 56.1 Å². The van der Waals surface area contributed by atoms with E-state index in [2.05, 4.69) is 10.6 Å². The number of aliphatic carboxylic acids is 1. The second kappa shape index (κ2) is 7.68. The lowest BCUT2D eigenvalue weighted by Crippen LogP contribution is -2.50. The lowest BCUT2D eigenvalue weighted by atomic mass is 9.62. The zero-order chi connectivity index (χ0) is 23.6. The van der Waals surface area contributed by atoms with Crippen molar-refractivity contribution in [2.45, 2.75) is 50.6 Å². The van der Waals surface area contributed by atoms with Crippen molar-refractivity contribution in [2.75, 3.05) is 5.32 Å². The maximum Gasteiger partial charge on any atom is 0.321 e. The van der Waals surface area contributed by atoms with E-state index in [1.165, 1.54) is 24.3 Å². The molecule has 1 spiro atoms. The molecule has 4 atom stereocenters. The zero-order valence-corrected chi connectivity index (χ0v) is 19.1. The molecule has 0 aromatic heterocycles. The van der Waals surface area contributed by atoms with Crippen molar-refractivity contribution in [3.8, 4) is 0 Å². The molecule has 3 N–H and O–H groups in total. The number of carbonyl (C=O) groups is 2. The van der Waals surface area contributed by atoms with E-state index in [9.17, 15) is 14.7 Å². The fraction of sp³-hybridized carbons (Fsp3) is 0.391. The van der Waals surface area contributed by atoms with Crippen LogP contribution in [0.2, 0.25) is 10.0 Å². The minimum absolute atomic E-state index is 0.0122. The zero-order valence-electron chi connectivity index (χ0n) is 17.6. The van der Waals surface area contributed by atoms with E-state index in [0.29, 0.717) is 6.42 Å². The van der Waals surface area contributed by atoms with Crippen LogP contribution in [0.25, 0.3) is 0 Å². The highest BCUT2D eigenvalue weighted by molar-refractivity contribution is 6.31. The molecule has 1 fully saturated rings. The Kier molecular flexibility index (Phi) is 5.51. The van der Waals surface area contributed by atoms with Gasteiger partial charge in [-0.2, -0.15) is 0 Å². The third-order valence-electron chi connectivity index (χ3n) is 6.25. The van der Waals surface area contributed by atoms with Crippen molar-refractivity contribution in [1.29, 1.82) is 0 Å². The third kappa shape index (κ3) is 3.38. The summed E-state index contributed by atoms with van der Waals surface area (Å²) in [4.78, 5) is 26.0. The van der Waals surface area contributed by atoms with Gasteiger partial charge >= 0.3 is 5.97 Å². The number of hydrogen-bond donors (Lipinski definition) is 3. The molecule has 2 aromatic carbocycles. The highest BCUT2D eigenvalue weighted by Gasteiger charge is 2.67. The Morgan fingerprint density at radius 1 is 1.22 bits per heavy atom. The lowest BCUT2D eigenvalue weighted by molar-refractivity contribution is -0.139. The molecule has 2 aromatic rings. The first-order chi connectivity index (χ1) is 14.9. The van der Waals surface area contributed by atoms with Gasteiger partial charge in [0.25, 0.3) is 0 Å². The van der Waals surface area contributed by atoms with Gasteiger partial charge in [0.1, 0.15) is 23.1 Å². The van der Waals surface area contributed by atoms with Gasteiger partial charge in [-0.25, -0.2) is 8.78 Å². The Morgan fingerprint density at radius 2 is 1.91 bits per heavy atom. The average molecular weight is 483 g/mol. The first-order valence-electron chi connectivity index (χ1n) is 10.1. The molecule has 2 heterocycles. The standard InChI is InChI=1S/C23H22Cl2F2N2O3/c1-22(2,3)9-15-23(17-13(26)7-10(24)8-14(17)28-21(23)32)16(19(29-15)20(30)31)11-5-4-6-12(25)18(11)27/h4-8,15-16,19,29H,9H2,1-3H3,(H,28,32)(H,30,31)/t15-,16-,19+,23+/m0/s1. The van der Waals surface area contributed by atoms with Crippen molar-refractivity contribution in [2.24, 2.45) is 5.41 Å². The minimum Gasteiger partial charge on any atom is -0.480 e. The molecule has 1 amide bonds. The molecule has 5 nitrogen and oxygen atoms in total. The van der Waals surface area contributed by atoms with Crippen LogP contribution in [0.3, 0.4) is 0 Å². The van der Waals surface area contributed by atoms with E-state index in [4.69, 9.17) is 23.2 Å². The summed E-state index contributed by atoms with van der Waals surface area (Å²) in [6.45, 7) is 5.78. The van der Waals surface area contributed by atoms with Crippen LogP contribution in [0.4, 0.5) is 14.5 Å². The first kappa shape index (κ1) is 23.0. The summed E-state index contributed by atoms with van der Waals surface area (Å²) in [5.74, 6) is -4.74. The minimum atomic E-state index is -1.73. The molecular formula is C23H22Cl2F2N2O3. The molecule has 32 heavy (non-hydrogen) atoms. The number of hydrogen-bond acceptors (Lipinski definition) is 3. The largest absolute Gasteiger partial charge is 0.480 e. The van der Waals surface area contributed by atoms with E-state index in [0.717, 1.165) is 6.07 Å². The molecule has 170 valence electrons. The van der Waals surface area contributed by atoms with Crippen LogP contribution in [0.1, 0.15) is 44.2 Å². The molecule has 0 unspecified atom stereocenters. The Balaban J connectivity index is 2.08. The molecule has 0 saturated carbocycles. The van der Waals surface area contributed by atoms with Crippen LogP contribution in [0.5, 0.6) is 0 Å². The number of nitrogens with one attached hydrogen (secondary N) is 2. The van der Waals surface area contributed by atoms with Crippen LogP contribution < -0.4 is 10.6 Å². The molecule has 2 aliphatic rings. The number of anilines is 1. The SMILES string of the molecule is CC(C)(C)C[C@@H]1N[C@@H](C(=O)O)[C@H](c2cccc(Cl)c2F)[C@]12C(=O)Nc1cc(Cl)cc(F)c12. The second-order valence-electron chi connectivity index (χ2n) is 9.55. The summed E-state index contributed by atoms with van der Waals surface area (Å²) in [5, 5.41) is 15.6. The van der Waals surface area contributed by atoms with Gasteiger partial charge in [-0.3, -0.25) is 14.9 Å². The maximum absolute atomic E-state index is 15.5. The van der Waals surface area contributed by atoms with Gasteiger partial charge < -0.3 is 10.4 Å². The molecular weight excluding hydrogens is 461 g/mol. The van der Waals surface area contributed by atoms with Gasteiger partial charge in [-0.15, -0.1) is 0 Å². The van der Waals surface area contributed by atoms with Gasteiger partial charge in [-0.05, 0) is 35.6 Å². The first-order valence-corrected chi connectivity index (χ1v) is 10.9. The highest BCUT2D eigenvalue weighted by atomic mass is 35.5. The van der Waals surface area contributed by atoms with Crippen LogP contribution >= 0.6 is 23.2 Å². The van der Waals surface area contributed by atoms with Gasteiger partial charge in [0.2, 0.25) is 5.91 Å². The maximum atomic E-state index is 15.5. The normalized spacial score (nSPS) is 27.0. The number of halogens is 4. The van der Waals surface area contributed by atoms with E-state index < -0.39 is 46.9 Å². The predicted molar refractivity (Wildman–Crippen MR) is 118 cm³/mol. The van der Waals surface area contributed by atoms with Crippen LogP contribution in [0, 0.1) is 17.0 Å². The van der Waals surface area contributed by atoms with Crippen LogP contribution in [0.15, 0.2) is 30.3 Å². The topological polar surface area (TPSA) is 78.4 Å². The Bertz CT molecular complexity index is 1130. The fourth-order valence-electron chi connectivity index (χ4n) is 5.22. The Hall–Kier alpha value is -2.22. The lowest BCUT2D eigenvalue weighted by Gasteiger charge is -2.37. The van der Waals surface area contributed by atoms with Crippen molar-refractivity contribution in [3.63, 3.8) is 0 Å². The number of carboxylic acid groups (broad SMARTS) is 1. The average Bonchev–Trinajstić information content (AvgIpc) is 3.13. The molecule has 9 heteroatoms. The van der Waals surface area contributed by atoms with Crippen molar-refractivity contribution in [3.05, 3.63) is 63.1 Å². The van der Waals surface area contributed by atoms with Crippen molar-refractivity contribution < 1.29 is 23.5 Å². The summed E-state index contributed by atoms with van der Waals surface area (Å²) in [5.41, 5.74) is -2.01. The van der Waals surface area contributed by atoms with Gasteiger partial charge in [0.15, 0.2) is 0 Å². The summed E-state index contributed by atoms with van der Waals surface area (Å²) in [7, 11) is 0. The van der Waals surface area contributed by atoms with E-state index in [1.54, 1.807) is 0 Å². The monoisotopic (exact) mass is 482 g/mol. The van der Waals surface area contributed by atoms with E-state index in [1.807, 2.05) is 20.8 Å². The molecule has 0 aliphatic carbocycles. The third-order valence-corrected chi connectivity index (χ3v) is 6.76. The number of fused-ring (bicyclic) bond motifs is 2. The number of carbonyl (C=O) groups excluding carboxylic acids is 1. The summed E-state index contributed by atoms with van der Waals surface area (Å²) in [6, 6.07) is 4.54. The van der Waals surface area contributed by atoms with Crippen LogP contribution in [-0.4, -0.2) is 29.1 Å². The van der Waals surface area contributed by atoms with Crippen molar-refractivity contribution >= 4 is 40.8 Å². The summed E-state index contributed by atoms with van der Waals surface area (Å²) in [6.07, 6.45) is 0.324. The predicted octanol–water partition coefficient (Wildman–Crippen LogP) is 5.11. The molecule has 2 aliphatic heterocycles. The summed E-state index contributed by atoms with van der Waals surface area (Å²) < 4.78 is 30.7. The Labute approximate surface area is 194 Å². The van der Waals surface area contributed by atoms with Gasteiger partial charge in [0, 0.05) is 28.2 Å². The van der Waals surface area contributed by atoms with Crippen LogP contribution in [-0.2, 0) is 15.0 Å². The number of benzene rings is 2. The van der Waals surface area contributed by atoms with Crippen molar-refractivity contribution in [1.82, 2.24) is 5.32 Å². The van der Waals surface area contributed by atoms with E-state index in [-0.39, 0.29) is 32.3 Å². The molecule has 4 rings (SSSR count). The van der Waals surface area contributed by atoms with Gasteiger partial charge in [0.05, 0.1) is 5.02 Å². The number of rotatable bonds is 3. The summed E-state index contributed by atoms with van der Waals surface area (Å²) >= 11 is 12.0. The second-order valence-corrected chi connectivity index (χ2v) is 10.4. The quantitative estimate of drug-likeness (QED) is 0.568. The fourth-order valence-corrected chi connectivity index (χ4v) is 5.60. The Morgan fingerprint density at radius 3 is 2.53 bits per heavy atom. The molecule has 0 bridgehead atoms. The highest BCUT2D eigenvalue weighted by Crippen LogP contribution is 2.57. The number of amides is 1. The molecule has 1 saturated heterocycles. The van der Waals surface area contributed by atoms with E-state index >= 15 is 8.78 Å². The molecule has 0 radical (unpaired) electrons. The smallest absolute Gasteiger partial charge is 0.321 e. The number of carboxylic acids is 1.